The second-order valence-corrected chi connectivity index (χ2v) is 4.04. The van der Waals surface area contributed by atoms with E-state index in [-0.39, 0.29) is 11.9 Å². The van der Waals surface area contributed by atoms with E-state index in [9.17, 15) is 9.59 Å². The number of rotatable bonds is 9. The normalized spacial score (nSPS) is 10.1. The molecule has 0 aliphatic carbocycles. The third-order valence-electron chi connectivity index (χ3n) is 2.48. The summed E-state index contributed by atoms with van der Waals surface area (Å²) in [6, 6.07) is 0. The topological polar surface area (TPSA) is 46.6 Å². The van der Waals surface area contributed by atoms with Crippen LogP contribution in [-0.2, 0) is 14.3 Å². The van der Waals surface area contributed by atoms with Crippen molar-refractivity contribution in [2.75, 3.05) is 19.7 Å². The summed E-state index contributed by atoms with van der Waals surface area (Å²) in [5.41, 5.74) is 0. The summed E-state index contributed by atoms with van der Waals surface area (Å²) in [6.45, 7) is 7.49. The van der Waals surface area contributed by atoms with Crippen molar-refractivity contribution in [3.63, 3.8) is 0 Å². The number of esters is 1. The Morgan fingerprint density at radius 3 is 2.24 bits per heavy atom. The van der Waals surface area contributed by atoms with Crippen molar-refractivity contribution in [1.82, 2.24) is 4.90 Å². The standard InChI is InChI=1S/C13H25NO3/c1-4-7-8-12(15)14(10-5-2)11-9-13(16)17-6-3/h4-11H2,1-3H3. The van der Waals surface area contributed by atoms with Gasteiger partial charge in [-0.1, -0.05) is 20.3 Å². The van der Waals surface area contributed by atoms with E-state index in [1.165, 1.54) is 0 Å². The molecule has 0 saturated carbocycles. The van der Waals surface area contributed by atoms with Gasteiger partial charge in [-0.3, -0.25) is 9.59 Å². The largest absolute Gasteiger partial charge is 0.466 e. The van der Waals surface area contributed by atoms with Gasteiger partial charge in [0, 0.05) is 19.5 Å². The smallest absolute Gasteiger partial charge is 0.307 e. The number of hydrogen-bond acceptors (Lipinski definition) is 3. The minimum atomic E-state index is -0.225. The molecule has 0 radical (unpaired) electrons. The molecule has 1 amide bonds. The fourth-order valence-corrected chi connectivity index (χ4v) is 1.58. The summed E-state index contributed by atoms with van der Waals surface area (Å²) in [5.74, 6) is -0.0742. The van der Waals surface area contributed by atoms with Crippen molar-refractivity contribution in [3.8, 4) is 0 Å². The molecule has 4 nitrogen and oxygen atoms in total. The van der Waals surface area contributed by atoms with E-state index in [0.29, 0.717) is 26.0 Å². The highest BCUT2D eigenvalue weighted by Gasteiger charge is 2.13. The van der Waals surface area contributed by atoms with Crippen molar-refractivity contribution in [2.24, 2.45) is 0 Å². The number of unbranched alkanes of at least 4 members (excludes halogenated alkanes) is 1. The Bertz CT molecular complexity index is 229. The van der Waals surface area contributed by atoms with Gasteiger partial charge in [0.05, 0.1) is 13.0 Å². The highest BCUT2D eigenvalue weighted by atomic mass is 16.5. The first-order valence-corrected chi connectivity index (χ1v) is 6.59. The average molecular weight is 243 g/mol. The van der Waals surface area contributed by atoms with E-state index < -0.39 is 0 Å². The van der Waals surface area contributed by atoms with Gasteiger partial charge in [-0.2, -0.15) is 0 Å². The van der Waals surface area contributed by atoms with Crippen LogP contribution in [0.3, 0.4) is 0 Å². The van der Waals surface area contributed by atoms with Crippen LogP contribution in [0.25, 0.3) is 0 Å². The van der Waals surface area contributed by atoms with Gasteiger partial charge in [0.2, 0.25) is 5.91 Å². The number of carbonyl (C=O) groups is 2. The van der Waals surface area contributed by atoms with Crippen molar-refractivity contribution >= 4 is 11.9 Å². The lowest BCUT2D eigenvalue weighted by atomic mass is 10.2. The van der Waals surface area contributed by atoms with Crippen molar-refractivity contribution in [2.45, 2.75) is 52.9 Å². The predicted octanol–water partition coefficient (Wildman–Crippen LogP) is 2.37. The number of ether oxygens (including phenoxy) is 1. The Morgan fingerprint density at radius 1 is 1.00 bits per heavy atom. The number of amides is 1. The van der Waals surface area contributed by atoms with Gasteiger partial charge < -0.3 is 9.64 Å². The number of hydrogen-bond donors (Lipinski definition) is 0. The zero-order chi connectivity index (χ0) is 13.1. The van der Waals surface area contributed by atoms with Crippen molar-refractivity contribution in [3.05, 3.63) is 0 Å². The molecule has 100 valence electrons. The van der Waals surface area contributed by atoms with Crippen molar-refractivity contribution < 1.29 is 14.3 Å². The molecule has 0 fully saturated rings. The summed E-state index contributed by atoms with van der Waals surface area (Å²) in [5, 5.41) is 0. The molecule has 0 aromatic heterocycles. The molecule has 0 unspecified atom stereocenters. The fourth-order valence-electron chi connectivity index (χ4n) is 1.58. The fraction of sp³-hybridized carbons (Fsp3) is 0.846. The average Bonchev–Trinajstić information content (AvgIpc) is 2.31. The first-order chi connectivity index (χ1) is 8.15. The second kappa shape index (κ2) is 10.1. The summed E-state index contributed by atoms with van der Waals surface area (Å²) in [4.78, 5) is 24.8. The van der Waals surface area contributed by atoms with Gasteiger partial charge in [-0.05, 0) is 19.8 Å². The summed E-state index contributed by atoms with van der Waals surface area (Å²) >= 11 is 0. The molecule has 0 rings (SSSR count). The van der Waals surface area contributed by atoms with E-state index in [1.54, 1.807) is 11.8 Å². The highest BCUT2D eigenvalue weighted by Crippen LogP contribution is 2.03. The maximum atomic E-state index is 11.8. The molecule has 0 N–H and O–H groups in total. The van der Waals surface area contributed by atoms with Crippen LogP contribution in [0.5, 0.6) is 0 Å². The molecule has 0 spiro atoms. The lowest BCUT2D eigenvalue weighted by molar-refractivity contribution is -0.144. The summed E-state index contributed by atoms with van der Waals surface area (Å²) in [6.07, 6.45) is 3.73. The van der Waals surface area contributed by atoms with Gasteiger partial charge in [-0.25, -0.2) is 0 Å². The third-order valence-corrected chi connectivity index (χ3v) is 2.48. The molecular weight excluding hydrogens is 218 g/mol. The molecule has 0 atom stereocenters. The first-order valence-electron chi connectivity index (χ1n) is 6.59. The molecular formula is C13H25NO3. The van der Waals surface area contributed by atoms with Gasteiger partial charge in [0.1, 0.15) is 0 Å². The zero-order valence-electron chi connectivity index (χ0n) is 11.3. The van der Waals surface area contributed by atoms with Crippen LogP contribution in [0, 0.1) is 0 Å². The molecule has 0 aliphatic heterocycles. The van der Waals surface area contributed by atoms with Crippen LogP contribution < -0.4 is 0 Å². The van der Waals surface area contributed by atoms with Gasteiger partial charge >= 0.3 is 5.97 Å². The minimum absolute atomic E-state index is 0.151. The van der Waals surface area contributed by atoms with E-state index in [1.807, 2.05) is 6.92 Å². The van der Waals surface area contributed by atoms with E-state index >= 15 is 0 Å². The minimum Gasteiger partial charge on any atom is -0.466 e. The van der Waals surface area contributed by atoms with Crippen LogP contribution in [0.1, 0.15) is 52.9 Å². The Hall–Kier alpha value is -1.06. The Balaban J connectivity index is 4.04. The molecule has 0 aliphatic rings. The highest BCUT2D eigenvalue weighted by molar-refractivity contribution is 5.77. The van der Waals surface area contributed by atoms with E-state index in [2.05, 4.69) is 6.92 Å². The molecule has 17 heavy (non-hydrogen) atoms. The van der Waals surface area contributed by atoms with Gasteiger partial charge in [-0.15, -0.1) is 0 Å². The maximum absolute atomic E-state index is 11.8. The van der Waals surface area contributed by atoms with Crippen LogP contribution in [-0.4, -0.2) is 36.5 Å². The first kappa shape index (κ1) is 15.9. The molecule has 0 saturated heterocycles. The monoisotopic (exact) mass is 243 g/mol. The quantitative estimate of drug-likeness (QED) is 0.584. The second-order valence-electron chi connectivity index (χ2n) is 4.04. The van der Waals surface area contributed by atoms with Crippen LogP contribution >= 0.6 is 0 Å². The van der Waals surface area contributed by atoms with Crippen LogP contribution in [0.15, 0.2) is 0 Å². The molecule has 0 aromatic carbocycles. The Morgan fingerprint density at radius 2 is 1.71 bits per heavy atom. The van der Waals surface area contributed by atoms with Crippen molar-refractivity contribution in [1.29, 1.82) is 0 Å². The van der Waals surface area contributed by atoms with Crippen LogP contribution in [0.4, 0.5) is 0 Å². The van der Waals surface area contributed by atoms with Gasteiger partial charge in [0.15, 0.2) is 0 Å². The predicted molar refractivity (Wildman–Crippen MR) is 67.6 cm³/mol. The van der Waals surface area contributed by atoms with Gasteiger partial charge in [0.25, 0.3) is 0 Å². The number of carbonyl (C=O) groups excluding carboxylic acids is 2. The SMILES string of the molecule is CCCCC(=O)N(CCC)CCC(=O)OCC. The lowest BCUT2D eigenvalue weighted by Crippen LogP contribution is -2.33. The summed E-state index contributed by atoms with van der Waals surface area (Å²) < 4.78 is 4.85. The van der Waals surface area contributed by atoms with E-state index in [4.69, 9.17) is 4.74 Å². The molecule has 0 aromatic rings. The molecule has 0 heterocycles. The van der Waals surface area contributed by atoms with Crippen LogP contribution in [0.2, 0.25) is 0 Å². The van der Waals surface area contributed by atoms with E-state index in [0.717, 1.165) is 25.8 Å². The third kappa shape index (κ3) is 7.77. The Kier molecular flexibility index (Phi) is 9.49. The number of nitrogens with zero attached hydrogens (tertiary/aromatic N) is 1. The molecule has 0 bridgehead atoms. The Labute approximate surface area is 104 Å². The summed E-state index contributed by atoms with van der Waals surface area (Å²) in [7, 11) is 0. The lowest BCUT2D eigenvalue weighted by Gasteiger charge is -2.21. The molecule has 4 heteroatoms. The maximum Gasteiger partial charge on any atom is 0.307 e. The zero-order valence-corrected chi connectivity index (χ0v) is 11.3.